The van der Waals surface area contributed by atoms with E-state index in [0.29, 0.717) is 12.1 Å². The first-order chi connectivity index (χ1) is 9.76. The summed E-state index contributed by atoms with van der Waals surface area (Å²) in [5.41, 5.74) is 0. The third-order valence-corrected chi connectivity index (χ3v) is 4.17. The van der Waals surface area contributed by atoms with Gasteiger partial charge in [-0.05, 0) is 32.3 Å². The number of aromatic nitrogens is 2. The fourth-order valence-electron chi connectivity index (χ4n) is 2.96. The van der Waals surface area contributed by atoms with Gasteiger partial charge >= 0.3 is 6.03 Å². The summed E-state index contributed by atoms with van der Waals surface area (Å²) < 4.78 is 7.45. The fourth-order valence-corrected chi connectivity index (χ4v) is 2.96. The second-order valence-corrected chi connectivity index (χ2v) is 5.57. The zero-order valence-electron chi connectivity index (χ0n) is 11.9. The van der Waals surface area contributed by atoms with Crippen molar-refractivity contribution in [1.29, 1.82) is 0 Å². The second-order valence-electron chi connectivity index (χ2n) is 5.57. The maximum atomic E-state index is 12.2. The molecule has 0 spiro atoms. The number of carbonyl (C=O) groups excluding carboxylic acids is 1. The van der Waals surface area contributed by atoms with Gasteiger partial charge in [0.25, 0.3) is 0 Å². The van der Waals surface area contributed by atoms with E-state index in [9.17, 15) is 4.79 Å². The number of rotatable bonds is 4. The van der Waals surface area contributed by atoms with Gasteiger partial charge in [0.05, 0.1) is 12.1 Å². The number of nitrogens with zero attached hydrogens (tertiary/aromatic N) is 3. The van der Waals surface area contributed by atoms with Crippen LogP contribution >= 0.6 is 0 Å². The van der Waals surface area contributed by atoms with Crippen LogP contribution in [0.4, 0.5) is 4.79 Å². The number of hydrogen-bond acceptors (Lipinski definition) is 3. The highest BCUT2D eigenvalue weighted by atomic mass is 16.5. The van der Waals surface area contributed by atoms with Gasteiger partial charge in [0.15, 0.2) is 0 Å². The van der Waals surface area contributed by atoms with Crippen molar-refractivity contribution in [3.05, 3.63) is 18.5 Å². The van der Waals surface area contributed by atoms with Gasteiger partial charge in [0.1, 0.15) is 0 Å². The number of nitrogens with one attached hydrogen (secondary N) is 1. The van der Waals surface area contributed by atoms with E-state index in [2.05, 4.69) is 10.4 Å². The van der Waals surface area contributed by atoms with E-state index in [1.165, 1.54) is 0 Å². The normalized spacial score (nSPS) is 29.2. The lowest BCUT2D eigenvalue weighted by Gasteiger charge is -2.36. The predicted molar refractivity (Wildman–Crippen MR) is 74.4 cm³/mol. The van der Waals surface area contributed by atoms with Crippen LogP contribution in [-0.2, 0) is 4.74 Å². The summed E-state index contributed by atoms with van der Waals surface area (Å²) in [5, 5.41) is 7.34. The highest BCUT2D eigenvalue weighted by Gasteiger charge is 2.34. The number of likely N-dealkylation sites (tertiary alicyclic amines) is 1. The number of hydrogen-bond donors (Lipinski definition) is 1. The van der Waals surface area contributed by atoms with Crippen LogP contribution < -0.4 is 5.32 Å². The molecule has 2 heterocycles. The highest BCUT2D eigenvalue weighted by Crippen LogP contribution is 2.25. The van der Waals surface area contributed by atoms with Crippen molar-refractivity contribution in [2.75, 3.05) is 19.7 Å². The Bertz CT molecular complexity index is 442. The fraction of sp³-hybridized carbons (Fsp3) is 0.714. The lowest BCUT2D eigenvalue weighted by Crippen LogP contribution is -2.51. The smallest absolute Gasteiger partial charge is 0.317 e. The molecule has 20 heavy (non-hydrogen) atoms. The molecule has 2 aliphatic rings. The van der Waals surface area contributed by atoms with Crippen molar-refractivity contribution in [1.82, 2.24) is 20.0 Å². The van der Waals surface area contributed by atoms with Gasteiger partial charge in [-0.25, -0.2) is 4.79 Å². The summed E-state index contributed by atoms with van der Waals surface area (Å²) in [6, 6.07) is 2.57. The molecule has 1 N–H and O–H groups in total. The molecule has 2 fully saturated rings. The average molecular weight is 278 g/mol. The van der Waals surface area contributed by atoms with E-state index < -0.39 is 0 Å². The summed E-state index contributed by atoms with van der Waals surface area (Å²) in [7, 11) is 0. The molecule has 1 aromatic heterocycles. The lowest BCUT2D eigenvalue weighted by atomic mass is 9.89. The van der Waals surface area contributed by atoms with Gasteiger partial charge in [-0.15, -0.1) is 0 Å². The van der Waals surface area contributed by atoms with Crippen molar-refractivity contribution in [2.45, 2.75) is 44.4 Å². The van der Waals surface area contributed by atoms with Gasteiger partial charge in [-0.2, -0.15) is 5.10 Å². The summed E-state index contributed by atoms with van der Waals surface area (Å²) in [6.07, 6.45) is 6.93. The first-order valence-corrected chi connectivity index (χ1v) is 7.42. The summed E-state index contributed by atoms with van der Waals surface area (Å²) in [6.45, 7) is 4.31. The topological polar surface area (TPSA) is 59.4 Å². The molecule has 1 aliphatic carbocycles. The molecule has 2 amide bonds. The van der Waals surface area contributed by atoms with Gasteiger partial charge in [0, 0.05) is 38.1 Å². The van der Waals surface area contributed by atoms with Crippen molar-refractivity contribution in [2.24, 2.45) is 0 Å². The first-order valence-electron chi connectivity index (χ1n) is 7.42. The Hall–Kier alpha value is -1.56. The van der Waals surface area contributed by atoms with Crippen molar-refractivity contribution < 1.29 is 9.53 Å². The van der Waals surface area contributed by atoms with Gasteiger partial charge < -0.3 is 15.0 Å². The Balaban J connectivity index is 1.43. The SMILES string of the molecule is CCOC1CC(NC(=O)N2CCC(n3cccn3)C2)C1. The molecule has 0 radical (unpaired) electrons. The number of urea groups is 1. The van der Waals surface area contributed by atoms with Crippen LogP contribution in [0.1, 0.15) is 32.2 Å². The van der Waals surface area contributed by atoms with Crippen LogP contribution in [0.3, 0.4) is 0 Å². The quantitative estimate of drug-likeness (QED) is 0.906. The lowest BCUT2D eigenvalue weighted by molar-refractivity contribution is -0.00792. The van der Waals surface area contributed by atoms with Gasteiger partial charge in [0.2, 0.25) is 0 Å². The Morgan fingerprint density at radius 2 is 2.35 bits per heavy atom. The third-order valence-electron chi connectivity index (χ3n) is 4.17. The monoisotopic (exact) mass is 278 g/mol. The molecule has 1 saturated heterocycles. The maximum Gasteiger partial charge on any atom is 0.317 e. The Morgan fingerprint density at radius 3 is 3.05 bits per heavy atom. The zero-order chi connectivity index (χ0) is 13.9. The Morgan fingerprint density at radius 1 is 1.50 bits per heavy atom. The number of ether oxygens (including phenoxy) is 1. The third kappa shape index (κ3) is 2.80. The van der Waals surface area contributed by atoms with E-state index in [-0.39, 0.29) is 12.1 Å². The molecular formula is C14H22N4O2. The van der Waals surface area contributed by atoms with Crippen LogP contribution in [0.15, 0.2) is 18.5 Å². The summed E-state index contributed by atoms with van der Waals surface area (Å²) >= 11 is 0. The molecule has 1 aliphatic heterocycles. The average Bonchev–Trinajstić information content (AvgIpc) is 3.06. The number of carbonyl (C=O) groups is 1. The molecule has 6 heteroatoms. The molecule has 0 bridgehead atoms. The van der Waals surface area contributed by atoms with Crippen molar-refractivity contribution >= 4 is 6.03 Å². The minimum atomic E-state index is 0.0552. The molecule has 3 rings (SSSR count). The van der Waals surface area contributed by atoms with Gasteiger partial charge in [-0.3, -0.25) is 4.68 Å². The van der Waals surface area contributed by atoms with Crippen molar-refractivity contribution in [3.8, 4) is 0 Å². The standard InChI is InChI=1S/C14H22N4O2/c1-2-20-13-8-11(9-13)16-14(19)17-7-4-12(10-17)18-6-3-5-15-18/h3,5-6,11-13H,2,4,7-10H2,1H3,(H,16,19). The first kappa shape index (κ1) is 13.4. The maximum absolute atomic E-state index is 12.2. The molecule has 1 atom stereocenters. The van der Waals surface area contributed by atoms with E-state index in [1.54, 1.807) is 6.20 Å². The van der Waals surface area contributed by atoms with Crippen LogP contribution in [0.2, 0.25) is 0 Å². The molecular weight excluding hydrogens is 256 g/mol. The summed E-state index contributed by atoms with van der Waals surface area (Å²) in [4.78, 5) is 14.1. The zero-order valence-corrected chi connectivity index (χ0v) is 11.9. The Labute approximate surface area is 119 Å². The molecule has 0 aromatic carbocycles. The highest BCUT2D eigenvalue weighted by molar-refractivity contribution is 5.75. The van der Waals surface area contributed by atoms with E-state index in [1.807, 2.05) is 28.8 Å². The van der Waals surface area contributed by atoms with Crippen LogP contribution in [0, 0.1) is 0 Å². The van der Waals surface area contributed by atoms with Crippen LogP contribution in [-0.4, -0.2) is 52.6 Å². The summed E-state index contributed by atoms with van der Waals surface area (Å²) in [5.74, 6) is 0. The second kappa shape index (κ2) is 5.83. The Kier molecular flexibility index (Phi) is 3.91. The molecule has 6 nitrogen and oxygen atoms in total. The molecule has 110 valence electrons. The van der Waals surface area contributed by atoms with Gasteiger partial charge in [-0.1, -0.05) is 0 Å². The van der Waals surface area contributed by atoms with E-state index in [0.717, 1.165) is 39.0 Å². The predicted octanol–water partition coefficient (Wildman–Crippen LogP) is 1.41. The van der Waals surface area contributed by atoms with Crippen LogP contribution in [0.5, 0.6) is 0 Å². The van der Waals surface area contributed by atoms with Crippen molar-refractivity contribution in [3.63, 3.8) is 0 Å². The van der Waals surface area contributed by atoms with E-state index >= 15 is 0 Å². The largest absolute Gasteiger partial charge is 0.378 e. The minimum absolute atomic E-state index is 0.0552. The van der Waals surface area contributed by atoms with E-state index in [4.69, 9.17) is 4.74 Å². The number of amides is 2. The molecule has 1 unspecified atom stereocenters. The molecule has 1 aromatic rings. The minimum Gasteiger partial charge on any atom is -0.378 e. The molecule has 1 saturated carbocycles. The van der Waals surface area contributed by atoms with Crippen LogP contribution in [0.25, 0.3) is 0 Å².